The van der Waals surface area contributed by atoms with E-state index in [1.165, 1.54) is 17.8 Å². The molecule has 0 aliphatic carbocycles. The predicted octanol–water partition coefficient (Wildman–Crippen LogP) is 3.74. The molecule has 18 heavy (non-hydrogen) atoms. The van der Waals surface area contributed by atoms with Gasteiger partial charge in [0, 0.05) is 10.7 Å². The second-order valence-electron chi connectivity index (χ2n) is 3.20. The van der Waals surface area contributed by atoms with Gasteiger partial charge in [-0.1, -0.05) is 23.4 Å². The fourth-order valence-electron chi connectivity index (χ4n) is 1.16. The maximum Gasteiger partial charge on any atom is 0.356 e. The molecular weight excluding hydrogens is 340 g/mol. The van der Waals surface area contributed by atoms with Crippen LogP contribution in [0.5, 0.6) is 0 Å². The Labute approximate surface area is 121 Å². The molecule has 0 aromatic carbocycles. The molecule has 92 valence electrons. The van der Waals surface area contributed by atoms with Gasteiger partial charge in [-0.3, -0.25) is 0 Å². The van der Waals surface area contributed by atoms with Gasteiger partial charge in [-0.2, -0.15) is 0 Å². The first-order valence-electron chi connectivity index (χ1n) is 4.75. The minimum atomic E-state index is -1.15. The van der Waals surface area contributed by atoms with Crippen molar-refractivity contribution < 1.29 is 9.90 Å². The Hall–Kier alpha value is -1.11. The maximum atomic E-state index is 10.9. The first-order valence-corrected chi connectivity index (χ1v) is 6.74. The van der Waals surface area contributed by atoms with Crippen molar-refractivity contribution in [3.8, 4) is 0 Å². The van der Waals surface area contributed by atoms with Gasteiger partial charge < -0.3 is 5.11 Å². The SMILES string of the molecule is O=C(O)c1nc(Sc2ccc(Br)cn2)ccc1Cl. The number of carboxylic acid groups (broad SMARTS) is 1. The van der Waals surface area contributed by atoms with Crippen molar-refractivity contribution in [2.75, 3.05) is 0 Å². The van der Waals surface area contributed by atoms with E-state index in [2.05, 4.69) is 25.9 Å². The lowest BCUT2D eigenvalue weighted by molar-refractivity contribution is 0.0690. The highest BCUT2D eigenvalue weighted by molar-refractivity contribution is 9.10. The molecule has 0 unspecified atom stereocenters. The standard InChI is InChI=1S/C11H6BrClN2O2S/c12-6-1-3-8(14-5-6)18-9-4-2-7(13)10(15-9)11(16)17/h1-5H,(H,16,17). The molecule has 0 aliphatic heterocycles. The highest BCUT2D eigenvalue weighted by Gasteiger charge is 2.12. The highest BCUT2D eigenvalue weighted by atomic mass is 79.9. The van der Waals surface area contributed by atoms with Gasteiger partial charge in [-0.05, 0) is 40.2 Å². The van der Waals surface area contributed by atoms with Crippen molar-refractivity contribution in [3.05, 3.63) is 45.7 Å². The van der Waals surface area contributed by atoms with Crippen LogP contribution >= 0.6 is 39.3 Å². The molecule has 0 fully saturated rings. The van der Waals surface area contributed by atoms with Gasteiger partial charge in [-0.15, -0.1) is 0 Å². The third kappa shape index (κ3) is 3.22. The third-order valence-corrected chi connectivity index (χ3v) is 3.59. The summed E-state index contributed by atoms with van der Waals surface area (Å²) in [5, 5.41) is 10.3. The quantitative estimate of drug-likeness (QED) is 0.918. The average Bonchev–Trinajstić information content (AvgIpc) is 2.34. The molecule has 2 rings (SSSR count). The van der Waals surface area contributed by atoms with E-state index in [9.17, 15) is 4.79 Å². The average molecular weight is 346 g/mol. The van der Waals surface area contributed by atoms with Crippen LogP contribution in [0.1, 0.15) is 10.5 Å². The van der Waals surface area contributed by atoms with Crippen molar-refractivity contribution in [1.82, 2.24) is 9.97 Å². The summed E-state index contributed by atoms with van der Waals surface area (Å²) in [7, 11) is 0. The van der Waals surface area contributed by atoms with Gasteiger partial charge in [0.15, 0.2) is 5.69 Å². The number of carbonyl (C=O) groups is 1. The van der Waals surface area contributed by atoms with E-state index in [1.807, 2.05) is 12.1 Å². The minimum Gasteiger partial charge on any atom is -0.476 e. The molecule has 2 aromatic rings. The molecule has 0 atom stereocenters. The Balaban J connectivity index is 2.27. The van der Waals surface area contributed by atoms with Crippen LogP contribution in [-0.2, 0) is 0 Å². The van der Waals surface area contributed by atoms with E-state index in [0.29, 0.717) is 5.03 Å². The molecule has 0 bridgehead atoms. The lowest BCUT2D eigenvalue weighted by Crippen LogP contribution is -2.01. The van der Waals surface area contributed by atoms with Gasteiger partial charge in [-0.25, -0.2) is 14.8 Å². The van der Waals surface area contributed by atoms with Crippen LogP contribution in [0.2, 0.25) is 5.02 Å². The van der Waals surface area contributed by atoms with Gasteiger partial charge >= 0.3 is 5.97 Å². The van der Waals surface area contributed by atoms with E-state index in [1.54, 1.807) is 12.3 Å². The molecule has 4 nitrogen and oxygen atoms in total. The number of aromatic carboxylic acids is 1. The smallest absolute Gasteiger partial charge is 0.356 e. The Morgan fingerprint density at radius 1 is 1.28 bits per heavy atom. The summed E-state index contributed by atoms with van der Waals surface area (Å²) in [4.78, 5) is 19.0. The zero-order chi connectivity index (χ0) is 13.1. The van der Waals surface area contributed by atoms with Gasteiger partial charge in [0.2, 0.25) is 0 Å². The molecule has 2 aromatic heterocycles. The van der Waals surface area contributed by atoms with Crippen LogP contribution in [0.25, 0.3) is 0 Å². The fourth-order valence-corrected chi connectivity index (χ4v) is 2.31. The number of carboxylic acids is 1. The third-order valence-electron chi connectivity index (χ3n) is 1.93. The number of halogens is 2. The van der Waals surface area contributed by atoms with E-state index < -0.39 is 5.97 Å². The first-order chi connectivity index (χ1) is 8.56. The highest BCUT2D eigenvalue weighted by Crippen LogP contribution is 2.27. The Bertz CT molecular complexity index is 592. The molecule has 0 saturated heterocycles. The summed E-state index contributed by atoms with van der Waals surface area (Å²) in [6, 6.07) is 6.83. The predicted molar refractivity (Wildman–Crippen MR) is 72.3 cm³/mol. The fraction of sp³-hybridized carbons (Fsp3) is 0. The van der Waals surface area contributed by atoms with E-state index >= 15 is 0 Å². The number of aromatic nitrogens is 2. The monoisotopic (exact) mass is 344 g/mol. The first kappa shape index (κ1) is 13.3. The van der Waals surface area contributed by atoms with Crippen molar-refractivity contribution >= 4 is 45.3 Å². The number of rotatable bonds is 3. The van der Waals surface area contributed by atoms with Crippen molar-refractivity contribution in [2.24, 2.45) is 0 Å². The van der Waals surface area contributed by atoms with Crippen molar-refractivity contribution in [3.63, 3.8) is 0 Å². The number of pyridine rings is 2. The molecule has 0 spiro atoms. The Kier molecular flexibility index (Phi) is 4.21. The molecular formula is C11H6BrClN2O2S. The Morgan fingerprint density at radius 3 is 2.61 bits per heavy atom. The number of hydrogen-bond donors (Lipinski definition) is 1. The molecule has 0 radical (unpaired) electrons. The topological polar surface area (TPSA) is 63.1 Å². The van der Waals surface area contributed by atoms with E-state index in [-0.39, 0.29) is 10.7 Å². The largest absolute Gasteiger partial charge is 0.476 e. The second-order valence-corrected chi connectivity index (χ2v) is 5.57. The van der Waals surface area contributed by atoms with Crippen LogP contribution in [0.4, 0.5) is 0 Å². The van der Waals surface area contributed by atoms with Crippen LogP contribution in [-0.4, -0.2) is 21.0 Å². The maximum absolute atomic E-state index is 10.9. The summed E-state index contributed by atoms with van der Waals surface area (Å²) in [6.45, 7) is 0. The molecule has 1 N–H and O–H groups in total. The summed E-state index contributed by atoms with van der Waals surface area (Å²) in [5.74, 6) is -1.15. The summed E-state index contributed by atoms with van der Waals surface area (Å²) in [5.41, 5.74) is -0.154. The van der Waals surface area contributed by atoms with Gasteiger partial charge in [0.25, 0.3) is 0 Å². The molecule has 2 heterocycles. The number of hydrogen-bond acceptors (Lipinski definition) is 4. The molecule has 0 aliphatic rings. The van der Waals surface area contributed by atoms with Crippen molar-refractivity contribution in [2.45, 2.75) is 10.1 Å². The minimum absolute atomic E-state index is 0.121. The zero-order valence-electron chi connectivity index (χ0n) is 8.80. The van der Waals surface area contributed by atoms with E-state index in [0.717, 1.165) is 9.50 Å². The Morgan fingerprint density at radius 2 is 2.00 bits per heavy atom. The van der Waals surface area contributed by atoms with Crippen LogP contribution in [0.15, 0.2) is 45.0 Å². The zero-order valence-corrected chi connectivity index (χ0v) is 12.0. The lowest BCUT2D eigenvalue weighted by atomic mass is 10.3. The van der Waals surface area contributed by atoms with Crippen LogP contribution in [0, 0.1) is 0 Å². The lowest BCUT2D eigenvalue weighted by Gasteiger charge is -2.03. The van der Waals surface area contributed by atoms with Crippen LogP contribution in [0.3, 0.4) is 0 Å². The molecule has 0 saturated carbocycles. The summed E-state index contributed by atoms with van der Waals surface area (Å²) in [6.07, 6.45) is 1.66. The van der Waals surface area contributed by atoms with Gasteiger partial charge in [0.1, 0.15) is 10.1 Å². The normalized spacial score (nSPS) is 10.3. The number of nitrogens with zero attached hydrogens (tertiary/aromatic N) is 2. The van der Waals surface area contributed by atoms with Crippen molar-refractivity contribution in [1.29, 1.82) is 0 Å². The van der Waals surface area contributed by atoms with Crippen LogP contribution < -0.4 is 0 Å². The second kappa shape index (κ2) is 5.69. The molecule has 0 amide bonds. The van der Waals surface area contributed by atoms with Gasteiger partial charge in [0.05, 0.1) is 5.02 Å². The summed E-state index contributed by atoms with van der Waals surface area (Å²) >= 11 is 10.3. The van der Waals surface area contributed by atoms with E-state index in [4.69, 9.17) is 16.7 Å². The summed E-state index contributed by atoms with van der Waals surface area (Å²) < 4.78 is 0.877. The molecule has 7 heteroatoms.